The van der Waals surface area contributed by atoms with Crippen molar-refractivity contribution >= 4 is 11.7 Å². The fourth-order valence-corrected chi connectivity index (χ4v) is 4.33. The summed E-state index contributed by atoms with van der Waals surface area (Å²) in [5.74, 6) is -0.814. The van der Waals surface area contributed by atoms with Crippen LogP contribution in [-0.2, 0) is 4.79 Å². The first-order valence-electron chi connectivity index (χ1n) is 9.60. The first-order valence-corrected chi connectivity index (χ1v) is 9.60. The van der Waals surface area contributed by atoms with E-state index in [9.17, 15) is 14.7 Å². The number of para-hydroxylation sites is 1. The molecule has 1 aliphatic carbocycles. The van der Waals surface area contributed by atoms with E-state index >= 15 is 0 Å². The second-order valence-electron chi connectivity index (χ2n) is 7.22. The number of aliphatic hydroxyl groups is 1. The van der Waals surface area contributed by atoms with Crippen molar-refractivity contribution in [2.24, 2.45) is 0 Å². The summed E-state index contributed by atoms with van der Waals surface area (Å²) in [6, 6.07) is 9.72. The van der Waals surface area contributed by atoms with Gasteiger partial charge >= 0.3 is 0 Å². The van der Waals surface area contributed by atoms with Crippen molar-refractivity contribution in [2.45, 2.75) is 44.2 Å². The predicted molar refractivity (Wildman–Crippen MR) is 102 cm³/mol. The molecule has 0 bridgehead atoms. The van der Waals surface area contributed by atoms with Gasteiger partial charge in [0.2, 0.25) is 5.78 Å². The molecule has 28 heavy (non-hydrogen) atoms. The summed E-state index contributed by atoms with van der Waals surface area (Å²) in [4.78, 5) is 27.9. The molecule has 1 aromatic carbocycles. The number of ether oxygens (including phenoxy) is 1. The number of furan rings is 1. The summed E-state index contributed by atoms with van der Waals surface area (Å²) in [5, 5.41) is 10.7. The van der Waals surface area contributed by atoms with Gasteiger partial charge < -0.3 is 19.2 Å². The van der Waals surface area contributed by atoms with E-state index in [2.05, 4.69) is 0 Å². The Balaban J connectivity index is 1.84. The molecule has 1 fully saturated rings. The second kappa shape index (κ2) is 7.54. The number of carbonyl (C=O) groups is 2. The van der Waals surface area contributed by atoms with E-state index < -0.39 is 23.5 Å². The molecular weight excluding hydrogens is 358 g/mol. The van der Waals surface area contributed by atoms with Crippen LogP contribution in [0, 0.1) is 0 Å². The Morgan fingerprint density at radius 3 is 2.57 bits per heavy atom. The smallest absolute Gasteiger partial charge is 0.290 e. The Morgan fingerprint density at radius 1 is 1.14 bits per heavy atom. The van der Waals surface area contributed by atoms with E-state index in [1.54, 1.807) is 24.1 Å². The summed E-state index contributed by atoms with van der Waals surface area (Å²) in [5.41, 5.74) is 0.734. The van der Waals surface area contributed by atoms with E-state index in [-0.39, 0.29) is 17.4 Å². The van der Waals surface area contributed by atoms with E-state index in [0.717, 1.165) is 32.1 Å². The molecule has 2 aromatic rings. The number of rotatable bonds is 5. The zero-order valence-electron chi connectivity index (χ0n) is 15.8. The standard InChI is InChI=1S/C22H23NO5/c1-27-16-11-6-5-10-15(16)19-18(20(24)17-12-7-13-28-17)21(25)22(26)23(19)14-8-3-2-4-9-14/h5-7,10-14,19,25H,2-4,8-9H2,1H3. The monoisotopic (exact) mass is 381 g/mol. The van der Waals surface area contributed by atoms with Crippen LogP contribution >= 0.6 is 0 Å². The number of Topliss-reactive ketones (excluding diaryl/α,β-unsaturated/α-hetero) is 1. The van der Waals surface area contributed by atoms with Gasteiger partial charge in [-0.2, -0.15) is 0 Å². The van der Waals surface area contributed by atoms with Crippen LogP contribution in [0.4, 0.5) is 0 Å². The lowest BCUT2D eigenvalue weighted by Gasteiger charge is -2.36. The van der Waals surface area contributed by atoms with Gasteiger partial charge in [-0.3, -0.25) is 9.59 Å². The Bertz CT molecular complexity index is 909. The van der Waals surface area contributed by atoms with Crippen LogP contribution in [0.1, 0.15) is 54.3 Å². The zero-order chi connectivity index (χ0) is 19.7. The van der Waals surface area contributed by atoms with Crippen molar-refractivity contribution in [3.05, 3.63) is 65.3 Å². The molecule has 6 nitrogen and oxygen atoms in total. The molecule has 0 spiro atoms. The summed E-state index contributed by atoms with van der Waals surface area (Å²) in [7, 11) is 1.55. The third-order valence-electron chi connectivity index (χ3n) is 5.64. The average Bonchev–Trinajstić information content (AvgIpc) is 3.36. The van der Waals surface area contributed by atoms with Crippen LogP contribution < -0.4 is 4.74 Å². The molecule has 1 unspecified atom stereocenters. The van der Waals surface area contributed by atoms with Gasteiger partial charge in [0.1, 0.15) is 5.75 Å². The second-order valence-corrected chi connectivity index (χ2v) is 7.22. The number of hydrogen-bond donors (Lipinski definition) is 1. The number of hydrogen-bond acceptors (Lipinski definition) is 5. The van der Waals surface area contributed by atoms with Crippen LogP contribution in [-0.4, -0.2) is 34.8 Å². The first kappa shape index (κ1) is 18.3. The highest BCUT2D eigenvalue weighted by Crippen LogP contribution is 2.45. The minimum atomic E-state index is -0.704. The van der Waals surface area contributed by atoms with Crippen LogP contribution in [0.25, 0.3) is 0 Å². The fourth-order valence-electron chi connectivity index (χ4n) is 4.33. The van der Waals surface area contributed by atoms with Crippen LogP contribution in [0.2, 0.25) is 0 Å². The summed E-state index contributed by atoms with van der Waals surface area (Å²) < 4.78 is 10.8. The maximum absolute atomic E-state index is 13.1. The Kier molecular flexibility index (Phi) is 4.94. The highest BCUT2D eigenvalue weighted by molar-refractivity contribution is 6.15. The number of methoxy groups -OCH3 is 1. The molecule has 2 heterocycles. The van der Waals surface area contributed by atoms with E-state index in [1.807, 2.05) is 18.2 Å². The fraction of sp³-hybridized carbons (Fsp3) is 0.364. The SMILES string of the molecule is COc1ccccc1C1C(C(=O)c2ccco2)=C(O)C(=O)N1C1CCCCC1. The molecule has 146 valence electrons. The molecule has 4 rings (SSSR count). The van der Waals surface area contributed by atoms with Crippen molar-refractivity contribution in [3.63, 3.8) is 0 Å². The lowest BCUT2D eigenvalue weighted by Crippen LogP contribution is -2.41. The average molecular weight is 381 g/mol. The topological polar surface area (TPSA) is 80.0 Å². The van der Waals surface area contributed by atoms with Crippen molar-refractivity contribution in [1.82, 2.24) is 4.90 Å². The zero-order valence-corrected chi connectivity index (χ0v) is 15.8. The minimum Gasteiger partial charge on any atom is -0.503 e. The number of amides is 1. The molecule has 0 radical (unpaired) electrons. The number of nitrogens with zero attached hydrogens (tertiary/aromatic N) is 1. The molecular formula is C22H23NO5. The van der Waals surface area contributed by atoms with E-state index in [0.29, 0.717) is 11.3 Å². The van der Waals surface area contributed by atoms with Gasteiger partial charge in [0.15, 0.2) is 11.5 Å². The van der Waals surface area contributed by atoms with Crippen LogP contribution in [0.15, 0.2) is 58.4 Å². The molecule has 2 aliphatic rings. The van der Waals surface area contributed by atoms with Crippen molar-refractivity contribution in [3.8, 4) is 5.75 Å². The van der Waals surface area contributed by atoms with Gasteiger partial charge in [0, 0.05) is 11.6 Å². The number of carbonyl (C=O) groups excluding carboxylic acids is 2. The number of ketones is 1. The van der Waals surface area contributed by atoms with Crippen LogP contribution in [0.5, 0.6) is 5.75 Å². The summed E-state index contributed by atoms with van der Waals surface area (Å²) in [6.07, 6.45) is 6.29. The first-order chi connectivity index (χ1) is 13.6. The summed E-state index contributed by atoms with van der Waals surface area (Å²) in [6.45, 7) is 0. The maximum Gasteiger partial charge on any atom is 0.290 e. The van der Waals surface area contributed by atoms with Crippen molar-refractivity contribution < 1.29 is 23.8 Å². The highest BCUT2D eigenvalue weighted by atomic mass is 16.5. The maximum atomic E-state index is 13.1. The number of benzene rings is 1. The van der Waals surface area contributed by atoms with Gasteiger partial charge in [-0.1, -0.05) is 37.5 Å². The molecule has 0 saturated heterocycles. The Labute approximate surface area is 163 Å². The highest BCUT2D eigenvalue weighted by Gasteiger charge is 2.48. The number of aliphatic hydroxyl groups excluding tert-OH is 1. The van der Waals surface area contributed by atoms with Gasteiger partial charge in [0.25, 0.3) is 5.91 Å². The largest absolute Gasteiger partial charge is 0.503 e. The van der Waals surface area contributed by atoms with E-state index in [4.69, 9.17) is 9.15 Å². The molecule has 1 aromatic heterocycles. The third-order valence-corrected chi connectivity index (χ3v) is 5.64. The quantitative estimate of drug-likeness (QED) is 0.785. The van der Waals surface area contributed by atoms with Gasteiger partial charge in [-0.05, 0) is 31.0 Å². The minimum absolute atomic E-state index is 0.0276. The van der Waals surface area contributed by atoms with Crippen molar-refractivity contribution in [1.29, 1.82) is 0 Å². The molecule has 1 N–H and O–H groups in total. The normalized spacial score (nSPS) is 20.7. The molecule has 1 atom stereocenters. The van der Waals surface area contributed by atoms with Gasteiger partial charge in [-0.25, -0.2) is 0 Å². The molecule has 1 amide bonds. The Morgan fingerprint density at radius 2 is 1.89 bits per heavy atom. The van der Waals surface area contributed by atoms with Gasteiger partial charge in [-0.15, -0.1) is 0 Å². The molecule has 1 aliphatic heterocycles. The van der Waals surface area contributed by atoms with Gasteiger partial charge in [0.05, 0.1) is 25.0 Å². The third kappa shape index (κ3) is 2.99. The lowest BCUT2D eigenvalue weighted by molar-refractivity contribution is -0.132. The molecule has 6 heteroatoms. The summed E-state index contributed by atoms with van der Waals surface area (Å²) >= 11 is 0. The lowest BCUT2D eigenvalue weighted by atomic mass is 9.90. The van der Waals surface area contributed by atoms with Crippen LogP contribution in [0.3, 0.4) is 0 Å². The Hall–Kier alpha value is -3.02. The molecule has 1 saturated carbocycles. The predicted octanol–water partition coefficient (Wildman–Crippen LogP) is 4.20. The van der Waals surface area contributed by atoms with E-state index in [1.165, 1.54) is 12.3 Å². The van der Waals surface area contributed by atoms with Crippen molar-refractivity contribution in [2.75, 3.05) is 7.11 Å².